The number of carbonyl (C=O) groups excluding carboxylic acids is 1. The van der Waals surface area contributed by atoms with Crippen LogP contribution in [-0.4, -0.2) is 27.5 Å². The Morgan fingerprint density at radius 1 is 0.784 bits per heavy atom. The van der Waals surface area contributed by atoms with Crippen molar-refractivity contribution in [3.05, 3.63) is 109 Å². The number of rotatable bonds is 10. The molecule has 7 nitrogen and oxygen atoms in total. The van der Waals surface area contributed by atoms with Crippen LogP contribution in [0, 0.1) is 6.92 Å². The fourth-order valence-electron chi connectivity index (χ4n) is 3.59. The largest absolute Gasteiger partial charge is 0.494 e. The molecule has 0 saturated heterocycles. The summed E-state index contributed by atoms with van der Waals surface area (Å²) < 4.78 is 39.5. The molecule has 1 amide bonds. The van der Waals surface area contributed by atoms with Crippen molar-refractivity contribution in [3.63, 3.8) is 0 Å². The van der Waals surface area contributed by atoms with Gasteiger partial charge in [0.2, 0.25) is 5.91 Å². The van der Waals surface area contributed by atoms with Gasteiger partial charge in [0.25, 0.3) is 10.0 Å². The lowest BCUT2D eigenvalue weighted by molar-refractivity contribution is -0.114. The molecule has 0 aliphatic rings. The molecule has 0 aromatic heterocycles. The summed E-state index contributed by atoms with van der Waals surface area (Å²) in [7, 11) is -4.01. The van der Waals surface area contributed by atoms with Crippen molar-refractivity contribution in [2.45, 2.75) is 18.7 Å². The molecule has 190 valence electrons. The normalized spacial score (nSPS) is 11.0. The molecule has 0 unspecified atom stereocenters. The van der Waals surface area contributed by atoms with Crippen LogP contribution >= 0.6 is 0 Å². The van der Waals surface area contributed by atoms with Crippen LogP contribution in [0.3, 0.4) is 0 Å². The minimum atomic E-state index is -4.01. The van der Waals surface area contributed by atoms with Crippen molar-refractivity contribution in [1.82, 2.24) is 0 Å². The molecule has 0 bridgehead atoms. The topological polar surface area (TPSA) is 84.9 Å². The first-order chi connectivity index (χ1) is 17.8. The van der Waals surface area contributed by atoms with E-state index in [1.807, 2.05) is 44.2 Å². The third-order valence-corrected chi connectivity index (χ3v) is 7.24. The van der Waals surface area contributed by atoms with Crippen LogP contribution in [0.15, 0.2) is 108 Å². The first-order valence-corrected chi connectivity index (χ1v) is 13.2. The Morgan fingerprint density at radius 3 is 2.00 bits per heavy atom. The number of amides is 1. The summed E-state index contributed by atoms with van der Waals surface area (Å²) in [4.78, 5) is 13.1. The number of carbonyl (C=O) groups is 1. The number of aryl methyl sites for hydroxylation is 1. The molecular formula is C29H28N2O5S. The maximum absolute atomic E-state index is 13.6. The third-order valence-electron chi connectivity index (χ3n) is 5.45. The molecule has 0 radical (unpaired) electrons. The van der Waals surface area contributed by atoms with Crippen LogP contribution in [0.25, 0.3) is 0 Å². The van der Waals surface area contributed by atoms with Gasteiger partial charge in [-0.2, -0.15) is 0 Å². The summed E-state index contributed by atoms with van der Waals surface area (Å²) in [6.45, 7) is 3.83. The minimum Gasteiger partial charge on any atom is -0.494 e. The Morgan fingerprint density at radius 2 is 1.38 bits per heavy atom. The summed E-state index contributed by atoms with van der Waals surface area (Å²) >= 11 is 0. The van der Waals surface area contributed by atoms with E-state index in [9.17, 15) is 13.2 Å². The molecule has 0 saturated carbocycles. The lowest BCUT2D eigenvalue weighted by atomic mass is 10.2. The predicted octanol–water partition coefficient (Wildman–Crippen LogP) is 6.02. The molecule has 0 fully saturated rings. The Hall–Kier alpha value is -4.30. The highest BCUT2D eigenvalue weighted by atomic mass is 32.2. The number of hydrogen-bond donors (Lipinski definition) is 1. The highest BCUT2D eigenvalue weighted by Crippen LogP contribution is 2.27. The lowest BCUT2D eigenvalue weighted by Crippen LogP contribution is -2.38. The van der Waals surface area contributed by atoms with E-state index in [0.29, 0.717) is 35.2 Å². The molecule has 0 atom stereocenters. The summed E-state index contributed by atoms with van der Waals surface area (Å²) in [6.07, 6.45) is 0. The SMILES string of the molecule is CCOc1ccc(N(CC(=O)Nc2ccc(Oc3ccccc3)cc2)S(=O)(=O)c2ccc(C)cc2)cc1. The lowest BCUT2D eigenvalue weighted by Gasteiger charge is -2.24. The van der Waals surface area contributed by atoms with Crippen LogP contribution in [0.1, 0.15) is 12.5 Å². The number of benzene rings is 4. The molecule has 0 aliphatic carbocycles. The second-order valence-electron chi connectivity index (χ2n) is 8.24. The van der Waals surface area contributed by atoms with Gasteiger partial charge in [0, 0.05) is 5.69 Å². The summed E-state index contributed by atoms with van der Waals surface area (Å²) in [5.74, 6) is 1.44. The molecule has 37 heavy (non-hydrogen) atoms. The van der Waals surface area contributed by atoms with E-state index >= 15 is 0 Å². The third kappa shape index (κ3) is 6.68. The predicted molar refractivity (Wildman–Crippen MR) is 145 cm³/mol. The highest BCUT2D eigenvalue weighted by molar-refractivity contribution is 7.92. The summed E-state index contributed by atoms with van der Waals surface area (Å²) in [5.41, 5.74) is 1.81. The number of sulfonamides is 1. The van der Waals surface area contributed by atoms with Crippen molar-refractivity contribution in [1.29, 1.82) is 0 Å². The Bertz CT molecular complexity index is 1420. The maximum atomic E-state index is 13.6. The fraction of sp³-hybridized carbons (Fsp3) is 0.138. The van der Waals surface area contributed by atoms with Crippen LogP contribution in [0.2, 0.25) is 0 Å². The van der Waals surface area contributed by atoms with E-state index in [4.69, 9.17) is 9.47 Å². The van der Waals surface area contributed by atoms with Gasteiger partial charge in [-0.3, -0.25) is 9.10 Å². The summed E-state index contributed by atoms with van der Waals surface area (Å²) in [6, 6.07) is 29.4. The minimum absolute atomic E-state index is 0.0993. The van der Waals surface area contributed by atoms with E-state index in [1.165, 1.54) is 12.1 Å². The van der Waals surface area contributed by atoms with Gasteiger partial charge in [0.05, 0.1) is 17.2 Å². The second-order valence-corrected chi connectivity index (χ2v) is 10.1. The van der Waals surface area contributed by atoms with E-state index in [2.05, 4.69) is 5.32 Å². The van der Waals surface area contributed by atoms with Gasteiger partial charge in [-0.05, 0) is 86.6 Å². The van der Waals surface area contributed by atoms with Crippen molar-refractivity contribution in [2.24, 2.45) is 0 Å². The molecule has 0 spiro atoms. The number of nitrogens with one attached hydrogen (secondary N) is 1. The van der Waals surface area contributed by atoms with Gasteiger partial charge in [0.15, 0.2) is 0 Å². The first kappa shape index (κ1) is 25.8. The van der Waals surface area contributed by atoms with Crippen molar-refractivity contribution < 1.29 is 22.7 Å². The standard InChI is InChI=1S/C29H28N2O5S/c1-3-35-25-17-13-24(14-18-25)31(37(33,34)28-19-9-22(2)10-20-28)21-29(32)30-23-11-15-27(16-12-23)36-26-7-5-4-6-8-26/h4-20H,3,21H2,1-2H3,(H,30,32). The van der Waals surface area contributed by atoms with Gasteiger partial charge in [0.1, 0.15) is 23.8 Å². The van der Waals surface area contributed by atoms with Crippen LogP contribution in [-0.2, 0) is 14.8 Å². The first-order valence-electron chi connectivity index (χ1n) is 11.8. The van der Waals surface area contributed by atoms with Gasteiger partial charge >= 0.3 is 0 Å². The molecular weight excluding hydrogens is 488 g/mol. The number of anilines is 2. The smallest absolute Gasteiger partial charge is 0.264 e. The average molecular weight is 517 g/mol. The zero-order chi connectivity index (χ0) is 26.3. The Balaban J connectivity index is 1.53. The number of ether oxygens (including phenoxy) is 2. The van der Waals surface area contributed by atoms with Crippen LogP contribution < -0.4 is 19.1 Å². The molecule has 8 heteroatoms. The summed E-state index contributed by atoms with van der Waals surface area (Å²) in [5, 5.41) is 2.77. The zero-order valence-corrected chi connectivity index (χ0v) is 21.4. The molecule has 4 rings (SSSR count). The second kappa shape index (κ2) is 11.6. The van der Waals surface area contributed by atoms with Crippen molar-refractivity contribution in [2.75, 3.05) is 22.8 Å². The fourth-order valence-corrected chi connectivity index (χ4v) is 5.01. The van der Waals surface area contributed by atoms with E-state index in [1.54, 1.807) is 60.7 Å². The van der Waals surface area contributed by atoms with Gasteiger partial charge in [-0.25, -0.2) is 8.42 Å². The Kier molecular flexibility index (Phi) is 8.10. The van der Waals surface area contributed by atoms with Crippen molar-refractivity contribution in [3.8, 4) is 17.2 Å². The van der Waals surface area contributed by atoms with E-state index in [0.717, 1.165) is 9.87 Å². The van der Waals surface area contributed by atoms with Gasteiger partial charge in [-0.1, -0.05) is 35.9 Å². The molecule has 0 heterocycles. The monoisotopic (exact) mass is 516 g/mol. The maximum Gasteiger partial charge on any atom is 0.264 e. The van der Waals surface area contributed by atoms with Crippen molar-refractivity contribution >= 4 is 27.3 Å². The number of hydrogen-bond acceptors (Lipinski definition) is 5. The van der Waals surface area contributed by atoms with E-state index < -0.39 is 22.5 Å². The quantitative estimate of drug-likeness (QED) is 0.279. The molecule has 1 N–H and O–H groups in total. The van der Waals surface area contributed by atoms with Crippen LogP contribution in [0.5, 0.6) is 17.2 Å². The zero-order valence-electron chi connectivity index (χ0n) is 20.6. The Labute approximate surface area is 217 Å². The molecule has 0 aliphatic heterocycles. The van der Waals surface area contributed by atoms with E-state index in [-0.39, 0.29) is 4.90 Å². The molecule has 4 aromatic carbocycles. The molecule has 4 aromatic rings. The van der Waals surface area contributed by atoms with Crippen LogP contribution in [0.4, 0.5) is 11.4 Å². The highest BCUT2D eigenvalue weighted by Gasteiger charge is 2.27. The van der Waals surface area contributed by atoms with Gasteiger partial charge < -0.3 is 14.8 Å². The number of para-hydroxylation sites is 1. The number of nitrogens with zero attached hydrogens (tertiary/aromatic N) is 1. The van der Waals surface area contributed by atoms with Gasteiger partial charge in [-0.15, -0.1) is 0 Å². The average Bonchev–Trinajstić information content (AvgIpc) is 2.90.